The van der Waals surface area contributed by atoms with Crippen molar-refractivity contribution >= 4 is 39.9 Å². The van der Waals surface area contributed by atoms with Crippen molar-refractivity contribution in [1.82, 2.24) is 25.2 Å². The minimum absolute atomic E-state index is 0.0278. The van der Waals surface area contributed by atoms with Gasteiger partial charge in [0.2, 0.25) is 27.8 Å². The summed E-state index contributed by atoms with van der Waals surface area (Å²) in [5, 5.41) is 4.36. The molecular formula is C36H44F3N5O9S. The van der Waals surface area contributed by atoms with Crippen LogP contribution in [0.5, 0.6) is 0 Å². The number of rotatable bonds is 6. The summed E-state index contributed by atoms with van der Waals surface area (Å²) < 4.78 is 83.6. The van der Waals surface area contributed by atoms with E-state index < -0.39 is 112 Å². The second kappa shape index (κ2) is 14.7. The van der Waals surface area contributed by atoms with Gasteiger partial charge in [0.15, 0.2) is 0 Å². The zero-order valence-electron chi connectivity index (χ0n) is 29.6. The second-order valence-electron chi connectivity index (χ2n) is 15.3. The van der Waals surface area contributed by atoms with E-state index in [1.54, 1.807) is 6.07 Å². The first kappa shape index (κ1) is 37.9. The number of halogens is 3. The number of ether oxygens (including phenoxy) is 2. The molecule has 54 heavy (non-hydrogen) atoms. The number of carbonyl (C=O) groups is 5. The van der Waals surface area contributed by atoms with Gasteiger partial charge in [-0.25, -0.2) is 31.2 Å². The predicted molar refractivity (Wildman–Crippen MR) is 183 cm³/mol. The van der Waals surface area contributed by atoms with Gasteiger partial charge in [0.05, 0.1) is 18.3 Å². The Kier molecular flexibility index (Phi) is 10.3. The number of alkyl carbamates (subject to hydrolysis) is 1. The first-order valence-corrected chi connectivity index (χ1v) is 20.1. The third-order valence-electron chi connectivity index (χ3n) is 11.3. The zero-order chi connectivity index (χ0) is 38.4. The lowest BCUT2D eigenvalue weighted by Gasteiger charge is -2.30. The van der Waals surface area contributed by atoms with Crippen LogP contribution in [-0.2, 0) is 47.0 Å². The van der Waals surface area contributed by atoms with Gasteiger partial charge in [-0.1, -0.05) is 24.3 Å². The van der Waals surface area contributed by atoms with E-state index in [1.807, 2.05) is 0 Å². The first-order chi connectivity index (χ1) is 25.6. The van der Waals surface area contributed by atoms with E-state index >= 15 is 8.78 Å². The molecule has 1 saturated heterocycles. The zero-order valence-corrected chi connectivity index (χ0v) is 30.4. The Balaban J connectivity index is 1.15. The Morgan fingerprint density at radius 3 is 2.44 bits per heavy atom. The molecule has 3 N–H and O–H groups in total. The number of fused-ring (bicyclic) bond motifs is 3. The highest BCUT2D eigenvalue weighted by Crippen LogP contribution is 2.46. The molecule has 3 aliphatic heterocycles. The van der Waals surface area contributed by atoms with Crippen LogP contribution in [0, 0.1) is 11.7 Å². The van der Waals surface area contributed by atoms with Crippen LogP contribution in [0.25, 0.3) is 0 Å². The summed E-state index contributed by atoms with van der Waals surface area (Å²) in [5.41, 5.74) is -0.828. The monoisotopic (exact) mass is 779 g/mol. The summed E-state index contributed by atoms with van der Waals surface area (Å²) in [6, 6.07) is 1.50. The highest BCUT2D eigenvalue weighted by Gasteiger charge is 2.62. The smallest absolute Gasteiger partial charge is 0.410 e. The van der Waals surface area contributed by atoms with Crippen molar-refractivity contribution in [1.29, 1.82) is 0 Å². The summed E-state index contributed by atoms with van der Waals surface area (Å²) in [5.74, 6) is -7.23. The number of carbonyl (C=O) groups excluding carboxylic acids is 5. The number of alkyl halides is 2. The molecule has 5 atom stereocenters. The molecule has 1 aromatic carbocycles. The fourth-order valence-electron chi connectivity index (χ4n) is 7.90. The van der Waals surface area contributed by atoms with E-state index in [9.17, 15) is 36.8 Å². The molecule has 0 bridgehead atoms. The van der Waals surface area contributed by atoms with Crippen molar-refractivity contribution in [2.45, 2.75) is 131 Å². The Morgan fingerprint density at radius 2 is 1.72 bits per heavy atom. The predicted octanol–water partition coefficient (Wildman–Crippen LogP) is 3.53. The molecule has 3 saturated carbocycles. The molecule has 14 nitrogen and oxygen atoms in total. The molecule has 0 aromatic heterocycles. The SMILES string of the molecule is O=C(N[C@H]1CCC(F)(F)CC/C=C\[C@H]2C[C@@]2(C(=O)NS(=O)(=O)C2CC2)NC(=O)[C@@H]2C[C@@H](OC(=O)N3Cc4cccc(F)c4C3)CN2C1=O)OC1CCCC1. The number of nitrogens with zero attached hydrogens (tertiary/aromatic N) is 2. The number of hydrogen-bond acceptors (Lipinski definition) is 9. The Morgan fingerprint density at radius 1 is 0.963 bits per heavy atom. The van der Waals surface area contributed by atoms with E-state index in [4.69, 9.17) is 9.47 Å². The molecular weight excluding hydrogens is 735 g/mol. The molecule has 1 aromatic rings. The van der Waals surface area contributed by atoms with Gasteiger partial charge in [0.25, 0.3) is 5.91 Å². The topological polar surface area (TPSA) is 181 Å². The van der Waals surface area contributed by atoms with Gasteiger partial charge in [0, 0.05) is 37.3 Å². The fourth-order valence-corrected chi connectivity index (χ4v) is 9.26. The summed E-state index contributed by atoms with van der Waals surface area (Å²) in [7, 11) is -4.03. The molecule has 3 heterocycles. The van der Waals surface area contributed by atoms with Crippen molar-refractivity contribution in [2.75, 3.05) is 6.54 Å². The van der Waals surface area contributed by atoms with Crippen LogP contribution in [0.1, 0.15) is 88.2 Å². The first-order valence-electron chi connectivity index (χ1n) is 18.6. The van der Waals surface area contributed by atoms with Crippen LogP contribution in [0.3, 0.4) is 0 Å². The van der Waals surface area contributed by atoms with Crippen LogP contribution in [0.4, 0.5) is 22.8 Å². The fraction of sp³-hybridized carbons (Fsp3) is 0.639. The summed E-state index contributed by atoms with van der Waals surface area (Å²) in [4.78, 5) is 70.7. The second-order valence-corrected chi connectivity index (χ2v) is 17.3. The van der Waals surface area contributed by atoms with Crippen molar-refractivity contribution < 1.29 is 55.0 Å². The molecule has 3 aliphatic carbocycles. The minimum atomic E-state index is -4.03. The van der Waals surface area contributed by atoms with Crippen LogP contribution in [-0.4, -0.2) is 95.7 Å². The van der Waals surface area contributed by atoms with E-state index in [0.717, 1.165) is 17.7 Å². The maximum Gasteiger partial charge on any atom is 0.410 e. The molecule has 0 spiro atoms. The third kappa shape index (κ3) is 8.17. The van der Waals surface area contributed by atoms with Crippen LogP contribution in [0.2, 0.25) is 0 Å². The van der Waals surface area contributed by atoms with Crippen LogP contribution in [0.15, 0.2) is 30.4 Å². The Bertz CT molecular complexity index is 1840. The van der Waals surface area contributed by atoms with Crippen LogP contribution >= 0.6 is 0 Å². The van der Waals surface area contributed by atoms with Gasteiger partial charge < -0.3 is 25.0 Å². The Labute approximate surface area is 310 Å². The average molecular weight is 780 g/mol. The van der Waals surface area contributed by atoms with Gasteiger partial charge in [-0.05, 0) is 69.4 Å². The molecule has 6 aliphatic rings. The number of hydrogen-bond donors (Lipinski definition) is 3. The van der Waals surface area contributed by atoms with Crippen molar-refractivity contribution in [2.24, 2.45) is 5.92 Å². The van der Waals surface area contributed by atoms with Gasteiger partial charge in [0.1, 0.15) is 35.6 Å². The van der Waals surface area contributed by atoms with Crippen molar-refractivity contribution in [3.8, 4) is 0 Å². The van der Waals surface area contributed by atoms with Gasteiger partial charge in [-0.3, -0.25) is 24.0 Å². The average Bonchev–Trinajstić information content (AvgIpc) is 3.90. The largest absolute Gasteiger partial charge is 0.446 e. The normalized spacial score (nSPS) is 30.5. The molecule has 18 heteroatoms. The van der Waals surface area contributed by atoms with Crippen molar-refractivity contribution in [3.05, 3.63) is 47.3 Å². The van der Waals surface area contributed by atoms with Crippen LogP contribution < -0.4 is 15.4 Å². The summed E-state index contributed by atoms with van der Waals surface area (Å²) >= 11 is 0. The van der Waals surface area contributed by atoms with Gasteiger partial charge in [-0.15, -0.1) is 0 Å². The van der Waals surface area contributed by atoms with Gasteiger partial charge in [-0.2, -0.15) is 0 Å². The lowest BCUT2D eigenvalue weighted by atomic mass is 10.0. The maximum atomic E-state index is 15.2. The Hall–Kier alpha value is -4.35. The molecule has 4 fully saturated rings. The molecule has 7 rings (SSSR count). The van der Waals surface area contributed by atoms with E-state index in [2.05, 4.69) is 15.4 Å². The lowest BCUT2D eigenvalue weighted by molar-refractivity contribution is -0.141. The maximum absolute atomic E-state index is 15.2. The molecule has 0 unspecified atom stereocenters. The quantitative estimate of drug-likeness (QED) is 0.364. The number of amides is 5. The number of allylic oxidation sites excluding steroid dienone is 1. The number of sulfonamides is 1. The molecule has 5 amide bonds. The van der Waals surface area contributed by atoms with Gasteiger partial charge >= 0.3 is 12.2 Å². The number of nitrogens with one attached hydrogen (secondary N) is 3. The standard InChI is InChI=1S/C36H44F3N5O9S/c37-27-10-5-6-21-18-43(20-26(21)27)34(49)53-24-16-29-30(45)41-36(32(47)42-54(50,51)25-11-12-25)17-22(36)7-3-4-14-35(38,39)15-13-28(31(46)44(29)19-24)40-33(48)52-23-8-1-2-9-23/h3,5-7,10,22-25,28-29H,1-2,4,8-9,11-20H2,(H,40,48)(H,41,45)(H,42,47)/b7-3-/t22-,24+,28-,29-,36+/m0/s1. The highest BCUT2D eigenvalue weighted by molar-refractivity contribution is 7.91. The summed E-state index contributed by atoms with van der Waals surface area (Å²) in [6.07, 6.45) is 1.01. The molecule has 0 radical (unpaired) electrons. The van der Waals surface area contributed by atoms with Crippen molar-refractivity contribution in [3.63, 3.8) is 0 Å². The van der Waals surface area contributed by atoms with E-state index in [0.29, 0.717) is 36.8 Å². The lowest BCUT2D eigenvalue weighted by Crippen LogP contribution is -2.58. The number of benzene rings is 1. The van der Waals surface area contributed by atoms with E-state index in [-0.39, 0.29) is 38.9 Å². The molecule has 294 valence electrons. The third-order valence-corrected chi connectivity index (χ3v) is 13.1. The summed E-state index contributed by atoms with van der Waals surface area (Å²) in [6.45, 7) is -0.382. The highest BCUT2D eigenvalue weighted by atomic mass is 32.2. The van der Waals surface area contributed by atoms with E-state index in [1.165, 1.54) is 29.2 Å². The minimum Gasteiger partial charge on any atom is -0.446 e.